The number of hydrogen-bond donors (Lipinski definition) is 2. The molecule has 120 valence electrons. The molecular formula is C16H11N3O2S3. The van der Waals surface area contributed by atoms with Gasteiger partial charge < -0.3 is 5.32 Å². The van der Waals surface area contributed by atoms with Gasteiger partial charge >= 0.3 is 0 Å². The van der Waals surface area contributed by atoms with Crippen LogP contribution in [0.25, 0.3) is 10.6 Å². The number of nitrogens with one attached hydrogen (secondary N) is 2. The summed E-state index contributed by atoms with van der Waals surface area (Å²) in [5.41, 5.74) is 2.03. The average molecular weight is 373 g/mol. The van der Waals surface area contributed by atoms with Gasteiger partial charge in [-0.3, -0.25) is 14.9 Å². The van der Waals surface area contributed by atoms with Crippen LogP contribution < -0.4 is 10.6 Å². The third-order valence-electron chi connectivity index (χ3n) is 3.37. The van der Waals surface area contributed by atoms with Crippen LogP contribution in [0.2, 0.25) is 0 Å². The molecule has 8 heteroatoms. The maximum absolute atomic E-state index is 12.4. The Morgan fingerprint density at radius 1 is 1.25 bits per heavy atom. The quantitative estimate of drug-likeness (QED) is 0.723. The average Bonchev–Trinajstić information content (AvgIpc) is 3.25. The molecule has 1 aromatic carbocycles. The monoisotopic (exact) mass is 373 g/mol. The minimum atomic E-state index is -0.241. The molecule has 24 heavy (non-hydrogen) atoms. The fourth-order valence-corrected chi connectivity index (χ4v) is 4.52. The molecular weight excluding hydrogens is 362 g/mol. The van der Waals surface area contributed by atoms with Gasteiger partial charge in [-0.25, -0.2) is 4.98 Å². The molecule has 0 spiro atoms. The number of fused-ring (bicyclic) bond motifs is 1. The van der Waals surface area contributed by atoms with Crippen LogP contribution in [0.5, 0.6) is 0 Å². The van der Waals surface area contributed by atoms with Crippen molar-refractivity contribution in [2.75, 3.05) is 16.4 Å². The minimum absolute atomic E-state index is 0.0504. The lowest BCUT2D eigenvalue weighted by Crippen LogP contribution is -2.19. The molecule has 0 atom stereocenters. The van der Waals surface area contributed by atoms with E-state index in [1.165, 1.54) is 23.1 Å². The van der Waals surface area contributed by atoms with Crippen LogP contribution in [0.4, 0.5) is 10.8 Å². The van der Waals surface area contributed by atoms with Crippen molar-refractivity contribution in [3.05, 3.63) is 46.7 Å². The number of hydrogen-bond acceptors (Lipinski definition) is 6. The Morgan fingerprint density at radius 3 is 3.00 bits per heavy atom. The van der Waals surface area contributed by atoms with E-state index in [0.29, 0.717) is 22.1 Å². The van der Waals surface area contributed by atoms with Crippen molar-refractivity contribution in [3.8, 4) is 10.6 Å². The van der Waals surface area contributed by atoms with Gasteiger partial charge in [0.1, 0.15) is 0 Å². The Labute approximate surface area is 150 Å². The number of thioether (sulfide) groups is 1. The van der Waals surface area contributed by atoms with E-state index in [0.717, 1.165) is 15.5 Å². The summed E-state index contributed by atoms with van der Waals surface area (Å²) >= 11 is 4.47. The SMILES string of the molecule is O=C1CSc2ccc(C(=O)Nc3nc(-c4cccs4)cs3)cc2N1. The second kappa shape index (κ2) is 6.39. The Bertz CT molecular complexity index is 919. The predicted octanol–water partition coefficient (Wildman–Crippen LogP) is 4.17. The molecule has 0 saturated carbocycles. The van der Waals surface area contributed by atoms with Gasteiger partial charge in [0.2, 0.25) is 5.91 Å². The van der Waals surface area contributed by atoms with Crippen LogP contribution in [-0.2, 0) is 4.79 Å². The smallest absolute Gasteiger partial charge is 0.257 e. The van der Waals surface area contributed by atoms with Crippen molar-refractivity contribution in [2.45, 2.75) is 4.90 Å². The van der Waals surface area contributed by atoms with Crippen LogP contribution in [0.15, 0.2) is 46.0 Å². The number of anilines is 2. The number of carbonyl (C=O) groups is 2. The summed E-state index contributed by atoms with van der Waals surface area (Å²) in [5.74, 6) is 0.114. The van der Waals surface area contributed by atoms with Gasteiger partial charge in [0.25, 0.3) is 5.91 Å². The first-order valence-electron chi connectivity index (χ1n) is 7.06. The highest BCUT2D eigenvalue weighted by atomic mass is 32.2. The van der Waals surface area contributed by atoms with E-state index in [9.17, 15) is 9.59 Å². The Balaban J connectivity index is 1.52. The van der Waals surface area contributed by atoms with Gasteiger partial charge in [-0.05, 0) is 29.6 Å². The molecule has 3 aromatic rings. The van der Waals surface area contributed by atoms with Crippen molar-refractivity contribution in [3.63, 3.8) is 0 Å². The molecule has 1 aliphatic heterocycles. The fourth-order valence-electron chi connectivity index (χ4n) is 2.26. The van der Waals surface area contributed by atoms with Crippen LogP contribution in [0.3, 0.4) is 0 Å². The molecule has 0 bridgehead atoms. The standard InChI is InChI=1S/C16H11N3O2S3/c20-14-8-23-13-4-3-9(6-10(13)17-14)15(21)19-16-18-11(7-24-16)12-2-1-5-22-12/h1-7H,8H2,(H,17,20)(H,18,19,21). The summed E-state index contributed by atoms with van der Waals surface area (Å²) in [6.45, 7) is 0. The van der Waals surface area contributed by atoms with Crippen molar-refractivity contribution >= 4 is 57.1 Å². The van der Waals surface area contributed by atoms with E-state index in [4.69, 9.17) is 0 Å². The van der Waals surface area contributed by atoms with Gasteiger partial charge in [-0.15, -0.1) is 34.4 Å². The van der Waals surface area contributed by atoms with E-state index >= 15 is 0 Å². The fraction of sp³-hybridized carbons (Fsp3) is 0.0625. The molecule has 2 amide bonds. The first kappa shape index (κ1) is 15.4. The van der Waals surface area contributed by atoms with Gasteiger partial charge in [0.05, 0.1) is 22.0 Å². The molecule has 3 heterocycles. The van der Waals surface area contributed by atoms with Crippen LogP contribution in [-0.4, -0.2) is 22.6 Å². The highest BCUT2D eigenvalue weighted by Gasteiger charge is 2.18. The summed E-state index contributed by atoms with van der Waals surface area (Å²) in [4.78, 5) is 30.4. The topological polar surface area (TPSA) is 71.1 Å². The lowest BCUT2D eigenvalue weighted by Gasteiger charge is -2.16. The number of amides is 2. The van der Waals surface area contributed by atoms with E-state index in [-0.39, 0.29) is 11.8 Å². The van der Waals surface area contributed by atoms with E-state index in [1.54, 1.807) is 23.5 Å². The normalized spacial score (nSPS) is 13.2. The highest BCUT2D eigenvalue weighted by molar-refractivity contribution is 8.00. The number of aromatic nitrogens is 1. The number of thiophene rings is 1. The maximum atomic E-state index is 12.4. The summed E-state index contributed by atoms with van der Waals surface area (Å²) in [7, 11) is 0. The summed E-state index contributed by atoms with van der Waals surface area (Å²) < 4.78 is 0. The van der Waals surface area contributed by atoms with Crippen molar-refractivity contribution < 1.29 is 9.59 Å². The Morgan fingerprint density at radius 2 is 2.17 bits per heavy atom. The lowest BCUT2D eigenvalue weighted by atomic mass is 10.2. The zero-order valence-corrected chi connectivity index (χ0v) is 14.7. The van der Waals surface area contributed by atoms with E-state index in [1.807, 2.05) is 29.0 Å². The Kier molecular flexibility index (Phi) is 4.09. The van der Waals surface area contributed by atoms with Gasteiger partial charge in [-0.1, -0.05) is 6.07 Å². The molecule has 0 saturated heterocycles. The van der Waals surface area contributed by atoms with Crippen LogP contribution in [0, 0.1) is 0 Å². The van der Waals surface area contributed by atoms with Gasteiger partial charge in [-0.2, -0.15) is 0 Å². The van der Waals surface area contributed by atoms with Gasteiger partial charge in [0.15, 0.2) is 5.13 Å². The molecule has 5 nitrogen and oxygen atoms in total. The predicted molar refractivity (Wildman–Crippen MR) is 99.2 cm³/mol. The zero-order chi connectivity index (χ0) is 16.5. The lowest BCUT2D eigenvalue weighted by molar-refractivity contribution is -0.113. The molecule has 2 aromatic heterocycles. The van der Waals surface area contributed by atoms with Crippen molar-refractivity contribution in [1.82, 2.24) is 4.98 Å². The molecule has 0 aliphatic carbocycles. The third-order valence-corrected chi connectivity index (χ3v) is 6.10. The maximum Gasteiger partial charge on any atom is 0.257 e. The second-order valence-corrected chi connectivity index (χ2v) is 7.84. The molecule has 0 radical (unpaired) electrons. The molecule has 0 unspecified atom stereocenters. The first-order valence-corrected chi connectivity index (χ1v) is 9.81. The first-order chi connectivity index (χ1) is 11.7. The third kappa shape index (κ3) is 3.08. The summed E-state index contributed by atoms with van der Waals surface area (Å²) in [6.07, 6.45) is 0. The van der Waals surface area contributed by atoms with E-state index < -0.39 is 0 Å². The van der Waals surface area contributed by atoms with E-state index in [2.05, 4.69) is 15.6 Å². The summed E-state index contributed by atoms with van der Waals surface area (Å²) in [5, 5.41) is 10.1. The van der Waals surface area contributed by atoms with Crippen molar-refractivity contribution in [1.29, 1.82) is 0 Å². The van der Waals surface area contributed by atoms with Crippen molar-refractivity contribution in [2.24, 2.45) is 0 Å². The van der Waals surface area contributed by atoms with Crippen LogP contribution >= 0.6 is 34.4 Å². The molecule has 0 fully saturated rings. The number of rotatable bonds is 3. The number of carbonyl (C=O) groups excluding carboxylic acids is 2. The summed E-state index contributed by atoms with van der Waals surface area (Å²) in [6, 6.07) is 9.27. The molecule has 4 rings (SSSR count). The number of nitrogens with zero attached hydrogens (tertiary/aromatic N) is 1. The van der Waals surface area contributed by atoms with Crippen LogP contribution in [0.1, 0.15) is 10.4 Å². The number of thiazole rings is 1. The largest absolute Gasteiger partial charge is 0.324 e. The Hall–Kier alpha value is -2.16. The van der Waals surface area contributed by atoms with Gasteiger partial charge in [0, 0.05) is 15.8 Å². The number of benzene rings is 1. The zero-order valence-electron chi connectivity index (χ0n) is 12.2. The molecule has 1 aliphatic rings. The second-order valence-electron chi connectivity index (χ2n) is 5.02. The minimum Gasteiger partial charge on any atom is -0.324 e. The molecule has 2 N–H and O–H groups in total. The highest BCUT2D eigenvalue weighted by Crippen LogP contribution is 2.32.